The molecule has 1 N–H and O–H groups in total. The van der Waals surface area contributed by atoms with E-state index in [9.17, 15) is 14.7 Å². The van der Waals surface area contributed by atoms with Crippen molar-refractivity contribution in [3.63, 3.8) is 0 Å². The van der Waals surface area contributed by atoms with E-state index >= 15 is 0 Å². The van der Waals surface area contributed by atoms with Crippen molar-refractivity contribution in [2.24, 2.45) is 0 Å². The molecule has 2 aromatic carbocycles. The van der Waals surface area contributed by atoms with E-state index in [1.54, 1.807) is 36.4 Å². The smallest absolute Gasteiger partial charge is 0.183 e. The van der Waals surface area contributed by atoms with Crippen LogP contribution in [0.25, 0.3) is 0 Å². The van der Waals surface area contributed by atoms with Crippen molar-refractivity contribution in [3.05, 3.63) is 70.6 Å². The Morgan fingerprint density at radius 2 is 1.43 bits per heavy atom. The van der Waals surface area contributed by atoms with Gasteiger partial charge in [0.2, 0.25) is 0 Å². The van der Waals surface area contributed by atoms with Gasteiger partial charge in [0.15, 0.2) is 11.6 Å². The molecule has 0 saturated heterocycles. The summed E-state index contributed by atoms with van der Waals surface area (Å²) in [5.41, 5.74) is 2.09. The third-order valence-electron chi connectivity index (χ3n) is 3.83. The molecular weight excluding hydrogens is 264 g/mol. The predicted octanol–water partition coefficient (Wildman–Crippen LogP) is 3.52. The number of carbonyl (C=O) groups is 2. The van der Waals surface area contributed by atoms with Crippen molar-refractivity contribution in [3.8, 4) is 5.75 Å². The Kier molecular flexibility index (Phi) is 3.13. The SMILES string of the molecule is CC(C)c1ccc([C]2C(=O)c3ccccc3C2=O)c(O)c1. The third-order valence-corrected chi connectivity index (χ3v) is 3.83. The first-order chi connectivity index (χ1) is 10.0. The molecule has 0 saturated carbocycles. The molecule has 1 aliphatic rings. The fourth-order valence-corrected chi connectivity index (χ4v) is 2.62. The van der Waals surface area contributed by atoms with Gasteiger partial charge in [0.05, 0.1) is 0 Å². The number of phenolic OH excluding ortho intramolecular Hbond substituents is 1. The Balaban J connectivity index is 2.07. The summed E-state index contributed by atoms with van der Waals surface area (Å²) < 4.78 is 0. The molecule has 0 fully saturated rings. The summed E-state index contributed by atoms with van der Waals surface area (Å²) in [5, 5.41) is 10.2. The van der Waals surface area contributed by atoms with Gasteiger partial charge in [-0.15, -0.1) is 0 Å². The van der Waals surface area contributed by atoms with Crippen molar-refractivity contribution < 1.29 is 14.7 Å². The van der Waals surface area contributed by atoms with Gasteiger partial charge in [0.25, 0.3) is 0 Å². The normalized spacial score (nSPS) is 14.8. The number of benzene rings is 2. The number of hydrogen-bond acceptors (Lipinski definition) is 3. The molecule has 0 atom stereocenters. The Bertz CT molecular complexity index is 709. The molecule has 0 unspecified atom stereocenters. The molecule has 3 rings (SSSR count). The van der Waals surface area contributed by atoms with Crippen LogP contribution in [0.4, 0.5) is 0 Å². The quantitative estimate of drug-likeness (QED) is 0.915. The molecule has 0 bridgehead atoms. The maximum atomic E-state index is 12.4. The van der Waals surface area contributed by atoms with Crippen LogP contribution in [0.2, 0.25) is 0 Å². The van der Waals surface area contributed by atoms with Gasteiger partial charge < -0.3 is 5.11 Å². The number of Topliss-reactive ketones (excluding diaryl/α,β-unsaturated/α-hetero) is 2. The van der Waals surface area contributed by atoms with Crippen LogP contribution in [0.3, 0.4) is 0 Å². The van der Waals surface area contributed by atoms with E-state index in [-0.39, 0.29) is 29.2 Å². The van der Waals surface area contributed by atoms with Crippen molar-refractivity contribution in [2.45, 2.75) is 19.8 Å². The summed E-state index contributed by atoms with van der Waals surface area (Å²) in [6.07, 6.45) is 0. The lowest BCUT2D eigenvalue weighted by atomic mass is 9.91. The van der Waals surface area contributed by atoms with Gasteiger partial charge in [0, 0.05) is 16.7 Å². The minimum absolute atomic E-state index is 0.0225. The Labute approximate surface area is 123 Å². The Hall–Kier alpha value is -2.42. The summed E-state index contributed by atoms with van der Waals surface area (Å²) in [6, 6.07) is 11.9. The van der Waals surface area contributed by atoms with Crippen molar-refractivity contribution in [1.29, 1.82) is 0 Å². The van der Waals surface area contributed by atoms with E-state index < -0.39 is 0 Å². The van der Waals surface area contributed by atoms with Crippen LogP contribution in [0.1, 0.15) is 51.6 Å². The van der Waals surface area contributed by atoms with Crippen LogP contribution in [-0.2, 0) is 0 Å². The number of phenols is 1. The Morgan fingerprint density at radius 1 is 0.857 bits per heavy atom. The van der Waals surface area contributed by atoms with Gasteiger partial charge in [-0.05, 0) is 17.5 Å². The highest BCUT2D eigenvalue weighted by Gasteiger charge is 2.41. The molecule has 0 aromatic heterocycles. The second kappa shape index (κ2) is 4.85. The largest absolute Gasteiger partial charge is 0.508 e. The van der Waals surface area contributed by atoms with E-state index in [2.05, 4.69) is 0 Å². The highest BCUT2D eigenvalue weighted by molar-refractivity contribution is 6.39. The zero-order valence-corrected chi connectivity index (χ0v) is 11.9. The van der Waals surface area contributed by atoms with E-state index in [1.165, 1.54) is 0 Å². The van der Waals surface area contributed by atoms with Crippen LogP contribution in [-0.4, -0.2) is 16.7 Å². The fraction of sp³-hybridized carbons (Fsp3) is 0.167. The molecule has 0 spiro atoms. The molecular formula is C18H15O3. The average molecular weight is 279 g/mol. The highest BCUT2D eigenvalue weighted by Crippen LogP contribution is 2.37. The van der Waals surface area contributed by atoms with Crippen LogP contribution in [0.5, 0.6) is 5.75 Å². The molecule has 3 heteroatoms. The summed E-state index contributed by atoms with van der Waals surface area (Å²) in [5.74, 6) is -0.330. The van der Waals surface area contributed by atoms with E-state index in [4.69, 9.17) is 0 Å². The molecule has 3 nitrogen and oxygen atoms in total. The molecule has 0 heterocycles. The van der Waals surface area contributed by atoms with Crippen LogP contribution >= 0.6 is 0 Å². The van der Waals surface area contributed by atoms with Crippen LogP contribution in [0, 0.1) is 5.92 Å². The number of aromatic hydroxyl groups is 1. The molecule has 0 aliphatic heterocycles. The molecule has 1 radical (unpaired) electrons. The lowest BCUT2D eigenvalue weighted by Gasteiger charge is -2.12. The van der Waals surface area contributed by atoms with Gasteiger partial charge in [-0.25, -0.2) is 0 Å². The van der Waals surface area contributed by atoms with Gasteiger partial charge in [0.1, 0.15) is 11.7 Å². The maximum absolute atomic E-state index is 12.4. The van der Waals surface area contributed by atoms with E-state index in [0.717, 1.165) is 5.56 Å². The molecule has 105 valence electrons. The first-order valence-electron chi connectivity index (χ1n) is 6.89. The number of rotatable bonds is 2. The second-order valence-electron chi connectivity index (χ2n) is 5.51. The van der Waals surface area contributed by atoms with Crippen LogP contribution < -0.4 is 0 Å². The fourth-order valence-electron chi connectivity index (χ4n) is 2.62. The number of hydrogen-bond donors (Lipinski definition) is 1. The zero-order chi connectivity index (χ0) is 15.1. The highest BCUT2D eigenvalue weighted by atomic mass is 16.3. The topological polar surface area (TPSA) is 54.4 Å². The number of fused-ring (bicyclic) bond motifs is 1. The summed E-state index contributed by atoms with van der Waals surface area (Å²) in [4.78, 5) is 24.8. The first-order valence-corrected chi connectivity index (χ1v) is 6.89. The number of carbonyl (C=O) groups excluding carboxylic acids is 2. The predicted molar refractivity (Wildman–Crippen MR) is 79.6 cm³/mol. The third kappa shape index (κ3) is 2.05. The molecule has 2 aromatic rings. The van der Waals surface area contributed by atoms with Crippen molar-refractivity contribution >= 4 is 11.6 Å². The number of ketones is 2. The summed E-state index contributed by atoms with van der Waals surface area (Å²) in [6.45, 7) is 4.03. The summed E-state index contributed by atoms with van der Waals surface area (Å²) >= 11 is 0. The van der Waals surface area contributed by atoms with Gasteiger partial charge in [-0.3, -0.25) is 9.59 Å². The van der Waals surface area contributed by atoms with Crippen molar-refractivity contribution in [1.82, 2.24) is 0 Å². The van der Waals surface area contributed by atoms with E-state index in [0.29, 0.717) is 16.7 Å². The lowest BCUT2D eigenvalue weighted by Crippen LogP contribution is -2.14. The second-order valence-corrected chi connectivity index (χ2v) is 5.51. The monoisotopic (exact) mass is 279 g/mol. The van der Waals surface area contributed by atoms with Gasteiger partial charge in [-0.1, -0.05) is 50.2 Å². The van der Waals surface area contributed by atoms with E-state index in [1.807, 2.05) is 19.9 Å². The molecule has 0 amide bonds. The van der Waals surface area contributed by atoms with Gasteiger partial charge >= 0.3 is 0 Å². The standard InChI is InChI=1S/C18H15O3/c1-10(2)11-7-8-14(15(19)9-11)16-17(20)12-5-3-4-6-13(12)18(16)21/h3-10,19H,1-2H3. The average Bonchev–Trinajstić information content (AvgIpc) is 2.72. The molecule has 21 heavy (non-hydrogen) atoms. The maximum Gasteiger partial charge on any atom is 0.183 e. The van der Waals surface area contributed by atoms with Gasteiger partial charge in [-0.2, -0.15) is 0 Å². The first kappa shape index (κ1) is 13.6. The summed E-state index contributed by atoms with van der Waals surface area (Å²) in [7, 11) is 0. The van der Waals surface area contributed by atoms with Crippen molar-refractivity contribution in [2.75, 3.05) is 0 Å². The lowest BCUT2D eigenvalue weighted by molar-refractivity contribution is 0.0958. The molecule has 1 aliphatic carbocycles. The van der Waals surface area contributed by atoms with Crippen LogP contribution in [0.15, 0.2) is 42.5 Å². The Morgan fingerprint density at radius 3 is 1.90 bits per heavy atom. The minimum Gasteiger partial charge on any atom is -0.508 e. The zero-order valence-electron chi connectivity index (χ0n) is 11.9. The minimum atomic E-state index is -0.316.